The van der Waals surface area contributed by atoms with Crippen LogP contribution in [0.15, 0.2) is 30.3 Å². The van der Waals surface area contributed by atoms with E-state index in [1.54, 1.807) is 0 Å². The second-order valence-corrected chi connectivity index (χ2v) is 5.67. The van der Waals surface area contributed by atoms with E-state index < -0.39 is 0 Å². The first kappa shape index (κ1) is 12.7. The van der Waals surface area contributed by atoms with Gasteiger partial charge in [0.25, 0.3) is 0 Å². The molecule has 1 aromatic carbocycles. The quantitative estimate of drug-likeness (QED) is 0.802. The maximum atomic E-state index is 4.73. The molecule has 0 bridgehead atoms. The molecule has 0 saturated heterocycles. The highest BCUT2D eigenvalue weighted by molar-refractivity contribution is 9.08. The fourth-order valence-electron chi connectivity index (χ4n) is 2.45. The molecule has 0 radical (unpaired) electrons. The van der Waals surface area contributed by atoms with Gasteiger partial charge in [0.2, 0.25) is 0 Å². The minimum absolute atomic E-state index is 0.677. The van der Waals surface area contributed by atoms with Gasteiger partial charge in [0.1, 0.15) is 5.82 Å². The summed E-state index contributed by atoms with van der Waals surface area (Å²) >= 11 is 3.60. The molecule has 1 aliphatic carbocycles. The number of hydrogen-bond acceptors (Lipinski definition) is 2. The monoisotopic (exact) mass is 319 g/mol. The van der Waals surface area contributed by atoms with Gasteiger partial charge < -0.3 is 4.90 Å². The van der Waals surface area contributed by atoms with Gasteiger partial charge in [-0.2, -0.15) is 5.10 Å². The van der Waals surface area contributed by atoms with Gasteiger partial charge in [-0.25, -0.2) is 4.68 Å². The van der Waals surface area contributed by atoms with E-state index in [9.17, 15) is 0 Å². The molecule has 1 aromatic heterocycles. The third kappa shape index (κ3) is 2.29. The van der Waals surface area contributed by atoms with Gasteiger partial charge in [0, 0.05) is 24.0 Å². The molecule has 1 aliphatic rings. The lowest BCUT2D eigenvalue weighted by Crippen LogP contribution is -2.23. The van der Waals surface area contributed by atoms with Crippen LogP contribution in [0.4, 0.5) is 5.82 Å². The summed E-state index contributed by atoms with van der Waals surface area (Å²) in [5, 5.41) is 5.57. The molecule has 100 valence electrons. The fourth-order valence-corrected chi connectivity index (χ4v) is 3.11. The number of halogens is 1. The fraction of sp³-hybridized carbons (Fsp3) is 0.400. The van der Waals surface area contributed by atoms with E-state index in [1.807, 2.05) is 6.07 Å². The highest BCUT2D eigenvalue weighted by atomic mass is 79.9. The molecular weight excluding hydrogens is 302 g/mol. The van der Waals surface area contributed by atoms with E-state index >= 15 is 0 Å². The Bertz CT molecular complexity index is 573. The van der Waals surface area contributed by atoms with Crippen molar-refractivity contribution in [2.45, 2.75) is 31.1 Å². The van der Waals surface area contributed by atoms with Crippen LogP contribution in [0, 0.1) is 6.92 Å². The van der Waals surface area contributed by atoms with Gasteiger partial charge in [-0.1, -0.05) is 34.1 Å². The van der Waals surface area contributed by atoms with Crippen molar-refractivity contribution in [3.8, 4) is 5.69 Å². The molecule has 0 amide bonds. The maximum Gasteiger partial charge on any atom is 0.136 e. The number of hydrogen-bond donors (Lipinski definition) is 0. The number of aryl methyl sites for hydroxylation is 1. The van der Waals surface area contributed by atoms with Crippen LogP contribution in [0.5, 0.6) is 0 Å². The standard InChI is InChI=1S/C15H18BrN3/c1-11-14(10-16)15(18(2)12-8-9-12)19(17-11)13-6-4-3-5-7-13/h3-7,12H,8-10H2,1-2H3. The van der Waals surface area contributed by atoms with E-state index in [4.69, 9.17) is 5.10 Å². The lowest BCUT2D eigenvalue weighted by molar-refractivity contribution is 0.800. The number of para-hydroxylation sites is 1. The molecule has 0 N–H and O–H groups in total. The molecule has 0 spiro atoms. The number of benzene rings is 1. The third-order valence-electron chi connectivity index (χ3n) is 3.72. The van der Waals surface area contributed by atoms with E-state index in [0.717, 1.165) is 16.7 Å². The topological polar surface area (TPSA) is 21.1 Å². The lowest BCUT2D eigenvalue weighted by atomic mass is 10.2. The van der Waals surface area contributed by atoms with Gasteiger partial charge in [-0.3, -0.25) is 0 Å². The zero-order valence-electron chi connectivity index (χ0n) is 11.3. The van der Waals surface area contributed by atoms with Crippen molar-refractivity contribution in [2.75, 3.05) is 11.9 Å². The summed E-state index contributed by atoms with van der Waals surface area (Å²) < 4.78 is 2.07. The van der Waals surface area contributed by atoms with Crippen LogP contribution < -0.4 is 4.90 Å². The maximum absolute atomic E-state index is 4.73. The molecule has 0 unspecified atom stereocenters. The molecule has 1 heterocycles. The first-order valence-corrected chi connectivity index (χ1v) is 7.77. The SMILES string of the molecule is Cc1nn(-c2ccccc2)c(N(C)C2CC2)c1CBr. The summed E-state index contributed by atoms with van der Waals surface area (Å²) in [4.78, 5) is 2.38. The second-order valence-electron chi connectivity index (χ2n) is 5.11. The number of alkyl halides is 1. The van der Waals surface area contributed by atoms with Crippen LogP contribution in [0.25, 0.3) is 5.69 Å². The average molecular weight is 320 g/mol. The molecule has 1 saturated carbocycles. The van der Waals surface area contributed by atoms with E-state index in [2.05, 4.69) is 63.7 Å². The van der Waals surface area contributed by atoms with Crippen molar-refractivity contribution in [3.63, 3.8) is 0 Å². The normalized spacial score (nSPS) is 14.7. The predicted octanol–water partition coefficient (Wildman–Crippen LogP) is 3.67. The largest absolute Gasteiger partial charge is 0.356 e. The van der Waals surface area contributed by atoms with Crippen molar-refractivity contribution in [1.29, 1.82) is 0 Å². The van der Waals surface area contributed by atoms with Crippen LogP contribution in [-0.2, 0) is 5.33 Å². The number of nitrogens with zero attached hydrogens (tertiary/aromatic N) is 3. The number of aromatic nitrogens is 2. The highest BCUT2D eigenvalue weighted by Crippen LogP contribution is 2.35. The van der Waals surface area contributed by atoms with E-state index in [-0.39, 0.29) is 0 Å². The van der Waals surface area contributed by atoms with Crippen LogP contribution >= 0.6 is 15.9 Å². The van der Waals surface area contributed by atoms with E-state index in [0.29, 0.717) is 6.04 Å². The van der Waals surface area contributed by atoms with Crippen LogP contribution in [0.3, 0.4) is 0 Å². The van der Waals surface area contributed by atoms with Gasteiger partial charge in [-0.05, 0) is 31.9 Å². The van der Waals surface area contributed by atoms with Crippen molar-refractivity contribution in [3.05, 3.63) is 41.6 Å². The van der Waals surface area contributed by atoms with Crippen LogP contribution in [-0.4, -0.2) is 22.9 Å². The van der Waals surface area contributed by atoms with Crippen molar-refractivity contribution >= 4 is 21.7 Å². The zero-order chi connectivity index (χ0) is 13.4. The summed E-state index contributed by atoms with van der Waals surface area (Å²) in [6.45, 7) is 2.08. The second kappa shape index (κ2) is 5.00. The first-order chi connectivity index (χ1) is 9.22. The summed E-state index contributed by atoms with van der Waals surface area (Å²) in [5.41, 5.74) is 3.52. The summed E-state index contributed by atoms with van der Waals surface area (Å²) in [5.74, 6) is 1.23. The Morgan fingerprint density at radius 1 is 1.32 bits per heavy atom. The molecule has 3 rings (SSSR count). The number of anilines is 1. The number of rotatable bonds is 4. The summed E-state index contributed by atoms with van der Waals surface area (Å²) in [6.07, 6.45) is 2.58. The molecular formula is C15H18BrN3. The third-order valence-corrected chi connectivity index (χ3v) is 4.28. The van der Waals surface area contributed by atoms with Gasteiger partial charge in [-0.15, -0.1) is 0 Å². The molecule has 3 nitrogen and oxygen atoms in total. The lowest BCUT2D eigenvalue weighted by Gasteiger charge is -2.21. The minimum Gasteiger partial charge on any atom is -0.356 e. The average Bonchev–Trinajstić information content (AvgIpc) is 3.22. The smallest absolute Gasteiger partial charge is 0.136 e. The molecule has 1 fully saturated rings. The van der Waals surface area contributed by atoms with Crippen LogP contribution in [0.2, 0.25) is 0 Å². The molecule has 0 aliphatic heterocycles. The van der Waals surface area contributed by atoms with Crippen molar-refractivity contribution in [2.24, 2.45) is 0 Å². The van der Waals surface area contributed by atoms with Gasteiger partial charge in [0.05, 0.1) is 11.4 Å². The minimum atomic E-state index is 0.677. The van der Waals surface area contributed by atoms with Gasteiger partial charge in [0.15, 0.2) is 0 Å². The van der Waals surface area contributed by atoms with Crippen LogP contribution in [0.1, 0.15) is 24.1 Å². The first-order valence-electron chi connectivity index (χ1n) is 6.65. The van der Waals surface area contributed by atoms with Crippen molar-refractivity contribution in [1.82, 2.24) is 9.78 Å². The molecule has 19 heavy (non-hydrogen) atoms. The Morgan fingerprint density at radius 3 is 2.58 bits per heavy atom. The molecule has 2 aromatic rings. The molecule has 0 atom stereocenters. The Balaban J connectivity index is 2.13. The summed E-state index contributed by atoms with van der Waals surface area (Å²) in [6, 6.07) is 11.0. The Kier molecular flexibility index (Phi) is 3.35. The summed E-state index contributed by atoms with van der Waals surface area (Å²) in [7, 11) is 2.18. The zero-order valence-corrected chi connectivity index (χ0v) is 12.9. The highest BCUT2D eigenvalue weighted by Gasteiger charge is 2.31. The Morgan fingerprint density at radius 2 is 2.00 bits per heavy atom. The molecule has 4 heteroatoms. The predicted molar refractivity (Wildman–Crippen MR) is 82.4 cm³/mol. The van der Waals surface area contributed by atoms with E-state index in [1.165, 1.54) is 24.2 Å². The Hall–Kier alpha value is -1.29. The van der Waals surface area contributed by atoms with Crippen molar-refractivity contribution < 1.29 is 0 Å². The van der Waals surface area contributed by atoms with Gasteiger partial charge >= 0.3 is 0 Å². The Labute approximate surface area is 122 Å².